The Kier molecular flexibility index (Phi) is 3.45. The highest BCUT2D eigenvalue weighted by atomic mass is 16.1. The lowest BCUT2D eigenvalue weighted by Crippen LogP contribution is -2.41. The summed E-state index contributed by atoms with van der Waals surface area (Å²) in [7, 11) is 0. The van der Waals surface area contributed by atoms with Gasteiger partial charge in [-0.25, -0.2) is 0 Å². The summed E-state index contributed by atoms with van der Waals surface area (Å²) in [6.45, 7) is 5.25. The van der Waals surface area contributed by atoms with Gasteiger partial charge in [0, 0.05) is 12.5 Å². The lowest BCUT2D eigenvalue weighted by Gasteiger charge is -2.32. The summed E-state index contributed by atoms with van der Waals surface area (Å²) in [5, 5.41) is 0. The van der Waals surface area contributed by atoms with Crippen LogP contribution in [-0.2, 0) is 4.79 Å². The van der Waals surface area contributed by atoms with Crippen LogP contribution in [0.1, 0.15) is 52.4 Å². The maximum Gasteiger partial charge on any atom is 0.149 e. The Labute approximate surface area is 93.0 Å². The van der Waals surface area contributed by atoms with Crippen molar-refractivity contribution in [3.8, 4) is 0 Å². The molecule has 3 atom stereocenters. The van der Waals surface area contributed by atoms with Gasteiger partial charge in [-0.3, -0.25) is 9.69 Å². The molecule has 2 aliphatic rings. The maximum atomic E-state index is 11.9. The molecule has 0 radical (unpaired) electrons. The molecule has 15 heavy (non-hydrogen) atoms. The quantitative estimate of drug-likeness (QED) is 0.712. The molecule has 2 heteroatoms. The average molecular weight is 209 g/mol. The zero-order valence-electron chi connectivity index (χ0n) is 10.0. The number of likely N-dealkylation sites (tertiary alicyclic amines) is 1. The smallest absolute Gasteiger partial charge is 0.149 e. The third-order valence-corrected chi connectivity index (χ3v) is 4.31. The monoisotopic (exact) mass is 209 g/mol. The summed E-state index contributed by atoms with van der Waals surface area (Å²) in [6.07, 6.45) is 7.28. The first kappa shape index (κ1) is 11.1. The normalized spacial score (nSPS) is 36.5. The summed E-state index contributed by atoms with van der Waals surface area (Å²) >= 11 is 0. The number of nitrogens with zero attached hydrogens (tertiary/aromatic N) is 1. The Bertz CT molecular complexity index is 239. The number of hydrogen-bond acceptors (Lipinski definition) is 2. The van der Waals surface area contributed by atoms with E-state index in [1.165, 1.54) is 25.7 Å². The van der Waals surface area contributed by atoms with Crippen LogP contribution in [0.5, 0.6) is 0 Å². The fraction of sp³-hybridized carbons (Fsp3) is 0.923. The molecular weight excluding hydrogens is 186 g/mol. The molecule has 0 aromatic rings. The number of carbonyl (C=O) groups excluding carboxylic acids is 1. The van der Waals surface area contributed by atoms with Crippen molar-refractivity contribution < 1.29 is 4.79 Å². The number of Topliss-reactive ketones (excluding diaryl/α,β-unsaturated/α-hetero) is 1. The van der Waals surface area contributed by atoms with Crippen molar-refractivity contribution >= 4 is 5.78 Å². The summed E-state index contributed by atoms with van der Waals surface area (Å²) in [5.74, 6) is 1.28. The maximum absolute atomic E-state index is 11.9. The first-order valence-electron chi connectivity index (χ1n) is 6.56. The second-order valence-electron chi connectivity index (χ2n) is 5.01. The van der Waals surface area contributed by atoms with E-state index in [0.29, 0.717) is 12.2 Å². The largest absolute Gasteiger partial charge is 0.298 e. The molecule has 0 aromatic heterocycles. The Hall–Kier alpha value is -0.370. The first-order chi connectivity index (χ1) is 7.27. The fourth-order valence-electron chi connectivity index (χ4n) is 3.56. The predicted molar refractivity (Wildman–Crippen MR) is 61.8 cm³/mol. The average Bonchev–Trinajstić information content (AvgIpc) is 2.66. The molecule has 1 unspecified atom stereocenters. The van der Waals surface area contributed by atoms with Crippen LogP contribution in [-0.4, -0.2) is 29.3 Å². The third kappa shape index (κ3) is 1.96. The molecule has 0 aromatic carbocycles. The fourth-order valence-corrected chi connectivity index (χ4v) is 3.56. The molecule has 0 amide bonds. The molecule has 1 saturated heterocycles. The standard InChI is InChI=1S/C13H23NO/c1-3-13(15)12-9-10-7-5-6-8-11(10)14(12)4-2/h10-12H,3-9H2,1-2H3/t10-,11-,12?/m0/s1. The van der Waals surface area contributed by atoms with Crippen LogP contribution in [0, 0.1) is 5.92 Å². The van der Waals surface area contributed by atoms with E-state index in [2.05, 4.69) is 11.8 Å². The van der Waals surface area contributed by atoms with E-state index in [0.717, 1.165) is 24.9 Å². The third-order valence-electron chi connectivity index (χ3n) is 4.31. The van der Waals surface area contributed by atoms with Crippen molar-refractivity contribution in [3.63, 3.8) is 0 Å². The van der Waals surface area contributed by atoms with E-state index in [1.807, 2.05) is 6.92 Å². The highest BCUT2D eigenvalue weighted by Crippen LogP contribution is 2.39. The number of fused-ring (bicyclic) bond motifs is 1. The topological polar surface area (TPSA) is 20.3 Å². The zero-order valence-corrected chi connectivity index (χ0v) is 10.0. The number of rotatable bonds is 3. The molecule has 1 aliphatic heterocycles. The molecule has 2 rings (SSSR count). The van der Waals surface area contributed by atoms with Crippen LogP contribution in [0.4, 0.5) is 0 Å². The molecule has 1 saturated carbocycles. The molecule has 0 spiro atoms. The second-order valence-corrected chi connectivity index (χ2v) is 5.01. The number of carbonyl (C=O) groups is 1. The van der Waals surface area contributed by atoms with Gasteiger partial charge in [0.1, 0.15) is 5.78 Å². The van der Waals surface area contributed by atoms with Gasteiger partial charge < -0.3 is 0 Å². The van der Waals surface area contributed by atoms with Crippen molar-refractivity contribution in [2.24, 2.45) is 5.92 Å². The summed E-state index contributed by atoms with van der Waals surface area (Å²) in [6, 6.07) is 0.984. The molecule has 1 heterocycles. The van der Waals surface area contributed by atoms with Crippen LogP contribution in [0.15, 0.2) is 0 Å². The molecule has 2 nitrogen and oxygen atoms in total. The summed E-state index contributed by atoms with van der Waals surface area (Å²) < 4.78 is 0. The van der Waals surface area contributed by atoms with Gasteiger partial charge in [0.25, 0.3) is 0 Å². The highest BCUT2D eigenvalue weighted by molar-refractivity contribution is 5.84. The molecule has 0 N–H and O–H groups in total. The van der Waals surface area contributed by atoms with Gasteiger partial charge in [-0.1, -0.05) is 26.7 Å². The second kappa shape index (κ2) is 4.65. The van der Waals surface area contributed by atoms with Crippen LogP contribution in [0.25, 0.3) is 0 Å². The number of ketones is 1. The Morgan fingerprint density at radius 1 is 1.27 bits per heavy atom. The van der Waals surface area contributed by atoms with Gasteiger partial charge >= 0.3 is 0 Å². The van der Waals surface area contributed by atoms with Crippen molar-refractivity contribution in [2.75, 3.05) is 6.54 Å². The Morgan fingerprint density at radius 2 is 2.00 bits per heavy atom. The van der Waals surface area contributed by atoms with Crippen molar-refractivity contribution in [2.45, 2.75) is 64.5 Å². The van der Waals surface area contributed by atoms with E-state index < -0.39 is 0 Å². The van der Waals surface area contributed by atoms with Crippen LogP contribution < -0.4 is 0 Å². The molecule has 1 aliphatic carbocycles. The van der Waals surface area contributed by atoms with Gasteiger partial charge in [0.2, 0.25) is 0 Å². The van der Waals surface area contributed by atoms with Crippen LogP contribution in [0.3, 0.4) is 0 Å². The van der Waals surface area contributed by atoms with E-state index >= 15 is 0 Å². The van der Waals surface area contributed by atoms with Gasteiger partial charge in [-0.2, -0.15) is 0 Å². The minimum Gasteiger partial charge on any atom is -0.298 e. The van der Waals surface area contributed by atoms with E-state index in [1.54, 1.807) is 0 Å². The predicted octanol–water partition coefficient (Wildman–Crippen LogP) is 2.62. The van der Waals surface area contributed by atoms with E-state index in [9.17, 15) is 4.79 Å². The van der Waals surface area contributed by atoms with Gasteiger partial charge in [-0.05, 0) is 31.7 Å². The highest BCUT2D eigenvalue weighted by Gasteiger charge is 2.43. The number of likely N-dealkylation sites (N-methyl/N-ethyl adjacent to an activating group) is 1. The van der Waals surface area contributed by atoms with Gasteiger partial charge in [0.05, 0.1) is 6.04 Å². The van der Waals surface area contributed by atoms with Gasteiger partial charge in [0.15, 0.2) is 0 Å². The van der Waals surface area contributed by atoms with Crippen molar-refractivity contribution in [3.05, 3.63) is 0 Å². The molecule has 86 valence electrons. The molecular formula is C13H23NO. The molecule has 0 bridgehead atoms. The van der Waals surface area contributed by atoms with Crippen molar-refractivity contribution in [1.29, 1.82) is 0 Å². The van der Waals surface area contributed by atoms with E-state index in [-0.39, 0.29) is 6.04 Å². The van der Waals surface area contributed by atoms with Crippen LogP contribution in [0.2, 0.25) is 0 Å². The first-order valence-corrected chi connectivity index (χ1v) is 6.56. The van der Waals surface area contributed by atoms with E-state index in [4.69, 9.17) is 0 Å². The lowest BCUT2D eigenvalue weighted by atomic mass is 9.84. The van der Waals surface area contributed by atoms with Crippen LogP contribution >= 0.6 is 0 Å². The van der Waals surface area contributed by atoms with Crippen molar-refractivity contribution in [1.82, 2.24) is 4.90 Å². The minimum atomic E-state index is 0.257. The van der Waals surface area contributed by atoms with Gasteiger partial charge in [-0.15, -0.1) is 0 Å². The number of hydrogen-bond donors (Lipinski definition) is 0. The SMILES string of the molecule is CCC(=O)C1C[C@@H]2CCCC[C@@H]2N1CC. The zero-order chi connectivity index (χ0) is 10.8. The minimum absolute atomic E-state index is 0.257. The summed E-state index contributed by atoms with van der Waals surface area (Å²) in [5.41, 5.74) is 0. The molecule has 2 fully saturated rings. The summed E-state index contributed by atoms with van der Waals surface area (Å²) in [4.78, 5) is 14.4. The lowest BCUT2D eigenvalue weighted by molar-refractivity contribution is -0.123. The Balaban J connectivity index is 2.10. The Morgan fingerprint density at radius 3 is 2.67 bits per heavy atom.